The van der Waals surface area contributed by atoms with Gasteiger partial charge in [0, 0.05) is 14.1 Å². The molecule has 1 aromatic carbocycles. The first-order chi connectivity index (χ1) is 8.90. The van der Waals surface area contributed by atoms with E-state index in [1.807, 2.05) is 39.2 Å². The second-order valence-corrected chi connectivity index (χ2v) is 5.32. The van der Waals surface area contributed by atoms with Crippen LogP contribution in [-0.2, 0) is 16.0 Å². The normalized spacial score (nSPS) is 11.8. The van der Waals surface area contributed by atoms with Gasteiger partial charge in [0.05, 0.1) is 5.92 Å². The van der Waals surface area contributed by atoms with Gasteiger partial charge < -0.3 is 9.64 Å². The Bertz CT molecular complexity index is 457. The summed E-state index contributed by atoms with van der Waals surface area (Å²) in [5.74, 6) is -0.0252. The summed E-state index contributed by atoms with van der Waals surface area (Å²) in [4.78, 5) is 13.4. The van der Waals surface area contributed by atoms with Crippen LogP contribution in [-0.4, -0.2) is 36.6 Å². The smallest absolute Gasteiger partial charge is 0.258 e. The molecule has 0 amide bonds. The van der Waals surface area contributed by atoms with Gasteiger partial charge in [0.25, 0.3) is 5.17 Å². The molecule has 0 heterocycles. The van der Waals surface area contributed by atoms with E-state index in [1.165, 1.54) is 5.56 Å². The maximum atomic E-state index is 11.7. The standard InChI is InChI=1S/C15H21NO2S/c1-11-6-5-7-13(8-11)9-14(12(2)17)10-18-15(19)16(3)4/h5-8,14H,9-10H2,1-4H3. The lowest BCUT2D eigenvalue weighted by atomic mass is 9.96. The number of thiocarbonyl (C=S) groups is 1. The molecule has 1 aromatic rings. The fourth-order valence-corrected chi connectivity index (χ4v) is 1.81. The number of benzene rings is 1. The maximum Gasteiger partial charge on any atom is 0.258 e. The van der Waals surface area contributed by atoms with Crippen molar-refractivity contribution >= 4 is 23.2 Å². The first kappa shape index (κ1) is 15.6. The molecule has 1 atom stereocenters. The van der Waals surface area contributed by atoms with Gasteiger partial charge in [-0.25, -0.2) is 0 Å². The fraction of sp³-hybridized carbons (Fsp3) is 0.467. The Morgan fingerprint density at radius 3 is 2.63 bits per heavy atom. The molecular formula is C15H21NO2S. The number of rotatable bonds is 5. The van der Waals surface area contributed by atoms with Crippen LogP contribution in [0.2, 0.25) is 0 Å². The van der Waals surface area contributed by atoms with Crippen LogP contribution in [0.3, 0.4) is 0 Å². The number of ketones is 1. The summed E-state index contributed by atoms with van der Waals surface area (Å²) >= 11 is 5.06. The summed E-state index contributed by atoms with van der Waals surface area (Å²) in [5, 5.41) is 0.412. The topological polar surface area (TPSA) is 29.5 Å². The molecule has 0 N–H and O–H groups in total. The zero-order valence-corrected chi connectivity index (χ0v) is 12.8. The Balaban J connectivity index is 2.63. The predicted octanol–water partition coefficient (Wildman–Crippen LogP) is 2.61. The number of carbonyl (C=O) groups excluding carboxylic acids is 1. The van der Waals surface area contributed by atoms with Crippen molar-refractivity contribution in [2.24, 2.45) is 5.92 Å². The Kier molecular flexibility index (Phi) is 5.96. The summed E-state index contributed by atoms with van der Waals surface area (Å²) in [6.07, 6.45) is 0.688. The van der Waals surface area contributed by atoms with Crippen molar-refractivity contribution in [2.75, 3.05) is 20.7 Å². The zero-order valence-electron chi connectivity index (χ0n) is 12.0. The minimum absolute atomic E-state index is 0.128. The molecule has 0 fully saturated rings. The summed E-state index contributed by atoms with van der Waals surface area (Å²) in [5.41, 5.74) is 2.35. The first-order valence-corrected chi connectivity index (χ1v) is 6.71. The summed E-state index contributed by atoms with van der Waals surface area (Å²) < 4.78 is 5.47. The van der Waals surface area contributed by atoms with E-state index in [0.29, 0.717) is 18.2 Å². The molecule has 0 saturated heterocycles. The molecule has 3 nitrogen and oxygen atoms in total. The quantitative estimate of drug-likeness (QED) is 0.775. The lowest BCUT2D eigenvalue weighted by Gasteiger charge is -2.19. The summed E-state index contributed by atoms with van der Waals surface area (Å²) in [7, 11) is 3.65. The van der Waals surface area contributed by atoms with E-state index in [2.05, 4.69) is 6.07 Å². The number of hydrogen-bond acceptors (Lipinski definition) is 3. The van der Waals surface area contributed by atoms with Crippen molar-refractivity contribution in [1.29, 1.82) is 0 Å². The maximum absolute atomic E-state index is 11.7. The van der Waals surface area contributed by atoms with Crippen LogP contribution >= 0.6 is 12.2 Å². The van der Waals surface area contributed by atoms with Gasteiger partial charge in [0.1, 0.15) is 12.4 Å². The van der Waals surface area contributed by atoms with E-state index in [4.69, 9.17) is 17.0 Å². The van der Waals surface area contributed by atoms with Crippen molar-refractivity contribution in [2.45, 2.75) is 20.3 Å². The third-order valence-corrected chi connectivity index (χ3v) is 3.40. The lowest BCUT2D eigenvalue weighted by Crippen LogP contribution is -2.28. The fourth-order valence-electron chi connectivity index (χ4n) is 1.74. The van der Waals surface area contributed by atoms with Gasteiger partial charge in [-0.3, -0.25) is 4.79 Å². The Labute approximate surface area is 120 Å². The van der Waals surface area contributed by atoms with Gasteiger partial charge in [-0.1, -0.05) is 29.8 Å². The average Bonchev–Trinajstić information content (AvgIpc) is 2.33. The van der Waals surface area contributed by atoms with Crippen molar-refractivity contribution in [3.63, 3.8) is 0 Å². The summed E-state index contributed by atoms with van der Waals surface area (Å²) in [6.45, 7) is 3.98. The average molecular weight is 279 g/mol. The minimum atomic E-state index is -0.153. The molecular weight excluding hydrogens is 258 g/mol. The monoisotopic (exact) mass is 279 g/mol. The van der Waals surface area contributed by atoms with E-state index in [9.17, 15) is 4.79 Å². The van der Waals surface area contributed by atoms with Gasteiger partial charge in [0.15, 0.2) is 0 Å². The Morgan fingerprint density at radius 2 is 2.11 bits per heavy atom. The van der Waals surface area contributed by atoms with Crippen LogP contribution in [0.4, 0.5) is 0 Å². The van der Waals surface area contributed by atoms with Crippen molar-refractivity contribution in [1.82, 2.24) is 4.90 Å². The molecule has 0 bridgehead atoms. The van der Waals surface area contributed by atoms with Crippen LogP contribution in [0.25, 0.3) is 0 Å². The Hall–Kier alpha value is -1.42. The van der Waals surface area contributed by atoms with Crippen molar-refractivity contribution < 1.29 is 9.53 Å². The number of aryl methyl sites for hydroxylation is 1. The van der Waals surface area contributed by atoms with E-state index < -0.39 is 0 Å². The largest absolute Gasteiger partial charge is 0.470 e. The van der Waals surface area contributed by atoms with E-state index in [0.717, 1.165) is 5.56 Å². The van der Waals surface area contributed by atoms with Crippen LogP contribution in [0.15, 0.2) is 24.3 Å². The van der Waals surface area contributed by atoms with E-state index >= 15 is 0 Å². The highest BCUT2D eigenvalue weighted by Crippen LogP contribution is 2.13. The van der Waals surface area contributed by atoms with Crippen LogP contribution < -0.4 is 0 Å². The highest BCUT2D eigenvalue weighted by Gasteiger charge is 2.17. The molecule has 4 heteroatoms. The third kappa shape index (κ3) is 5.39. The van der Waals surface area contributed by atoms with E-state index in [1.54, 1.807) is 11.8 Å². The molecule has 1 rings (SSSR count). The number of nitrogens with zero attached hydrogens (tertiary/aromatic N) is 1. The second kappa shape index (κ2) is 7.24. The predicted molar refractivity (Wildman–Crippen MR) is 81.3 cm³/mol. The van der Waals surface area contributed by atoms with Gasteiger partial charge in [0.2, 0.25) is 0 Å². The Morgan fingerprint density at radius 1 is 1.42 bits per heavy atom. The SMILES string of the molecule is CC(=O)C(COC(=S)N(C)C)Cc1cccc(C)c1. The molecule has 0 aromatic heterocycles. The third-order valence-electron chi connectivity index (χ3n) is 2.91. The van der Waals surface area contributed by atoms with Crippen molar-refractivity contribution in [3.8, 4) is 0 Å². The van der Waals surface area contributed by atoms with Gasteiger partial charge >= 0.3 is 0 Å². The van der Waals surface area contributed by atoms with E-state index in [-0.39, 0.29) is 11.7 Å². The molecule has 104 valence electrons. The molecule has 0 aliphatic carbocycles. The molecule has 0 saturated carbocycles. The lowest BCUT2D eigenvalue weighted by molar-refractivity contribution is -0.121. The summed E-state index contributed by atoms with van der Waals surface area (Å²) in [6, 6.07) is 8.19. The second-order valence-electron chi connectivity index (χ2n) is 4.97. The number of hydrogen-bond donors (Lipinski definition) is 0. The van der Waals surface area contributed by atoms with Crippen molar-refractivity contribution in [3.05, 3.63) is 35.4 Å². The highest BCUT2D eigenvalue weighted by atomic mass is 32.1. The highest BCUT2D eigenvalue weighted by molar-refractivity contribution is 7.80. The minimum Gasteiger partial charge on any atom is -0.470 e. The van der Waals surface area contributed by atoms with Gasteiger partial charge in [-0.05, 0) is 38.0 Å². The zero-order chi connectivity index (χ0) is 14.4. The molecule has 0 aliphatic heterocycles. The van der Waals surface area contributed by atoms with Crippen LogP contribution in [0, 0.1) is 12.8 Å². The first-order valence-electron chi connectivity index (χ1n) is 6.30. The molecule has 0 radical (unpaired) electrons. The molecule has 1 unspecified atom stereocenters. The number of Topliss-reactive ketones (excluding diaryl/α,β-unsaturated/α-hetero) is 1. The van der Waals surface area contributed by atoms with Gasteiger partial charge in [-0.15, -0.1) is 0 Å². The number of carbonyl (C=O) groups is 1. The van der Waals surface area contributed by atoms with Gasteiger partial charge in [-0.2, -0.15) is 0 Å². The molecule has 0 spiro atoms. The molecule has 0 aliphatic rings. The van der Waals surface area contributed by atoms with Crippen LogP contribution in [0.5, 0.6) is 0 Å². The van der Waals surface area contributed by atoms with Crippen LogP contribution in [0.1, 0.15) is 18.1 Å². The number of ether oxygens (including phenoxy) is 1. The molecule has 19 heavy (non-hydrogen) atoms.